The maximum Gasteiger partial charge on any atom is 0.336 e. The Kier molecular flexibility index (Phi) is 9.52. The average Bonchev–Trinajstić information content (AvgIpc) is 2.94. The molecular formula is C30H34BrNO8. The fourth-order valence-electron chi connectivity index (χ4n) is 5.48. The minimum absolute atomic E-state index is 0.0355. The number of methoxy groups -OCH3 is 3. The predicted octanol–water partition coefficient (Wildman–Crippen LogP) is 5.34. The van der Waals surface area contributed by atoms with Gasteiger partial charge in [-0.25, -0.2) is 4.79 Å². The van der Waals surface area contributed by atoms with Crippen molar-refractivity contribution in [2.24, 2.45) is 10.9 Å². The lowest BCUT2D eigenvalue weighted by atomic mass is 9.66. The number of ether oxygens (including phenoxy) is 5. The Hall–Kier alpha value is -3.37. The van der Waals surface area contributed by atoms with Crippen molar-refractivity contribution in [1.29, 1.82) is 0 Å². The summed E-state index contributed by atoms with van der Waals surface area (Å²) >= 11 is 3.41. The standard InChI is InChI=1S/C30H34BrNO8/c1-6-39-25-15-19(11-20(31)29(25)34)27-26(30(35)40-10-9-36-3)16(2)32-21-12-18(13-22(33)28(21)27)17-7-8-23(37-4)24(14-17)38-5/h7-8,11,14-15,18,27-28,34H,6,9-10,12-13H2,1-5H3/t18-,27-,28?/m0/s1. The quantitative estimate of drug-likeness (QED) is 0.282. The normalized spacial score (nSPS) is 20.5. The summed E-state index contributed by atoms with van der Waals surface area (Å²) in [6.45, 7) is 4.21. The molecule has 0 amide bonds. The highest BCUT2D eigenvalue weighted by molar-refractivity contribution is 9.10. The van der Waals surface area contributed by atoms with Crippen LogP contribution in [0.3, 0.4) is 0 Å². The van der Waals surface area contributed by atoms with Crippen LogP contribution in [-0.2, 0) is 19.1 Å². The molecule has 1 heterocycles. The molecule has 10 heteroatoms. The van der Waals surface area contributed by atoms with Gasteiger partial charge < -0.3 is 28.8 Å². The molecule has 4 rings (SSSR count). The molecule has 1 N–H and O–H groups in total. The van der Waals surface area contributed by atoms with Crippen LogP contribution in [0.1, 0.15) is 49.7 Å². The monoisotopic (exact) mass is 615 g/mol. The van der Waals surface area contributed by atoms with E-state index >= 15 is 0 Å². The van der Waals surface area contributed by atoms with Crippen LogP contribution in [-0.4, -0.2) is 63.7 Å². The number of aromatic hydroxyl groups is 1. The zero-order chi connectivity index (χ0) is 29.0. The van der Waals surface area contributed by atoms with Crippen LogP contribution >= 0.6 is 15.9 Å². The number of benzene rings is 2. The van der Waals surface area contributed by atoms with Crippen LogP contribution in [0.2, 0.25) is 0 Å². The number of phenolic OH excluding ortho intramolecular Hbond substituents is 1. The Morgan fingerprint density at radius 3 is 2.40 bits per heavy atom. The number of carbonyl (C=O) groups is 2. The number of rotatable bonds is 10. The van der Waals surface area contributed by atoms with Crippen LogP contribution in [0.15, 0.2) is 51.1 Å². The number of esters is 1. The number of aliphatic imine (C=N–C) groups is 1. The SMILES string of the molecule is CCOc1cc([C@H]2C(C(=O)OCCOC)=C(C)N=C3C[C@H](c4ccc(OC)c(OC)c4)CC(=O)C32)cc(Br)c1O. The number of halogens is 1. The third kappa shape index (κ3) is 5.88. The molecule has 3 atom stereocenters. The van der Waals surface area contributed by atoms with E-state index in [0.717, 1.165) is 5.56 Å². The predicted molar refractivity (Wildman–Crippen MR) is 153 cm³/mol. The second-order valence-corrected chi connectivity index (χ2v) is 10.5. The van der Waals surface area contributed by atoms with Gasteiger partial charge in [-0.3, -0.25) is 9.79 Å². The first-order valence-corrected chi connectivity index (χ1v) is 13.9. The first-order chi connectivity index (χ1) is 19.2. The number of allylic oxidation sites excluding steroid dienone is 1. The molecule has 1 fully saturated rings. The lowest BCUT2D eigenvalue weighted by Gasteiger charge is -2.38. The summed E-state index contributed by atoms with van der Waals surface area (Å²) in [7, 11) is 4.68. The van der Waals surface area contributed by atoms with Gasteiger partial charge in [0.1, 0.15) is 12.4 Å². The molecule has 0 spiro atoms. The largest absolute Gasteiger partial charge is 0.503 e. The summed E-state index contributed by atoms with van der Waals surface area (Å²) in [5.41, 5.74) is 3.08. The Balaban J connectivity index is 1.79. The number of carbonyl (C=O) groups excluding carboxylic acids is 2. The summed E-state index contributed by atoms with van der Waals surface area (Å²) < 4.78 is 27.5. The van der Waals surface area contributed by atoms with E-state index in [1.54, 1.807) is 33.3 Å². The average molecular weight is 617 g/mol. The fourth-order valence-corrected chi connectivity index (χ4v) is 5.94. The fraction of sp³-hybridized carbons (Fsp3) is 0.433. The van der Waals surface area contributed by atoms with Gasteiger partial charge in [-0.2, -0.15) is 0 Å². The Morgan fingerprint density at radius 1 is 1.00 bits per heavy atom. The zero-order valence-electron chi connectivity index (χ0n) is 23.3. The minimum Gasteiger partial charge on any atom is -0.503 e. The van der Waals surface area contributed by atoms with E-state index in [0.29, 0.717) is 51.5 Å². The third-order valence-electron chi connectivity index (χ3n) is 7.28. The first kappa shape index (κ1) is 29.6. The number of Topliss-reactive ketones (excluding diaryl/α,β-unsaturated/α-hetero) is 1. The van der Waals surface area contributed by atoms with E-state index in [4.69, 9.17) is 28.7 Å². The van der Waals surface area contributed by atoms with Crippen molar-refractivity contribution in [1.82, 2.24) is 0 Å². The lowest BCUT2D eigenvalue weighted by Crippen LogP contribution is -2.41. The first-order valence-electron chi connectivity index (χ1n) is 13.1. The van der Waals surface area contributed by atoms with Gasteiger partial charge in [0.25, 0.3) is 0 Å². The smallest absolute Gasteiger partial charge is 0.336 e. The van der Waals surface area contributed by atoms with Gasteiger partial charge in [-0.1, -0.05) is 6.07 Å². The topological polar surface area (TPSA) is 113 Å². The molecule has 2 aliphatic rings. The minimum atomic E-state index is -0.670. The maximum atomic E-state index is 13.9. The number of hydrogen-bond donors (Lipinski definition) is 1. The van der Waals surface area contributed by atoms with Gasteiger partial charge in [0.05, 0.1) is 43.4 Å². The molecule has 40 heavy (non-hydrogen) atoms. The number of phenols is 1. The summed E-state index contributed by atoms with van der Waals surface area (Å²) in [4.78, 5) is 32.1. The molecule has 0 saturated heterocycles. The van der Waals surface area contributed by atoms with Crippen LogP contribution < -0.4 is 14.2 Å². The highest BCUT2D eigenvalue weighted by Crippen LogP contribution is 2.49. The van der Waals surface area contributed by atoms with E-state index in [9.17, 15) is 14.7 Å². The summed E-state index contributed by atoms with van der Waals surface area (Å²) in [5, 5.41) is 10.5. The van der Waals surface area contributed by atoms with Gasteiger partial charge in [-0.15, -0.1) is 0 Å². The Morgan fingerprint density at radius 2 is 1.73 bits per heavy atom. The van der Waals surface area contributed by atoms with E-state index in [-0.39, 0.29) is 42.8 Å². The van der Waals surface area contributed by atoms with Crippen molar-refractivity contribution in [2.45, 2.75) is 38.5 Å². The van der Waals surface area contributed by atoms with Crippen LogP contribution in [0.5, 0.6) is 23.0 Å². The van der Waals surface area contributed by atoms with E-state index < -0.39 is 17.8 Å². The van der Waals surface area contributed by atoms with Crippen molar-refractivity contribution in [3.05, 3.63) is 57.2 Å². The van der Waals surface area contributed by atoms with Crippen molar-refractivity contribution < 1.29 is 38.4 Å². The summed E-state index contributed by atoms with van der Waals surface area (Å²) in [5.74, 6) is -0.640. The Labute approximate surface area is 242 Å². The highest BCUT2D eigenvalue weighted by atomic mass is 79.9. The number of nitrogens with zero attached hydrogens (tertiary/aromatic N) is 1. The van der Waals surface area contributed by atoms with E-state index in [2.05, 4.69) is 15.9 Å². The molecule has 1 aliphatic heterocycles. The van der Waals surface area contributed by atoms with Crippen LogP contribution in [0.25, 0.3) is 0 Å². The highest BCUT2D eigenvalue weighted by Gasteiger charge is 2.46. The van der Waals surface area contributed by atoms with Crippen LogP contribution in [0.4, 0.5) is 0 Å². The van der Waals surface area contributed by atoms with Crippen molar-refractivity contribution in [3.63, 3.8) is 0 Å². The van der Waals surface area contributed by atoms with E-state index in [1.807, 2.05) is 25.1 Å². The molecule has 0 aromatic heterocycles. The lowest BCUT2D eigenvalue weighted by molar-refractivity contribution is -0.140. The van der Waals surface area contributed by atoms with Gasteiger partial charge in [0.2, 0.25) is 0 Å². The van der Waals surface area contributed by atoms with E-state index in [1.165, 1.54) is 7.11 Å². The molecule has 214 valence electrons. The summed E-state index contributed by atoms with van der Waals surface area (Å²) in [6.07, 6.45) is 0.793. The maximum absolute atomic E-state index is 13.9. The van der Waals surface area contributed by atoms with Gasteiger partial charge in [0.15, 0.2) is 23.0 Å². The van der Waals surface area contributed by atoms with Gasteiger partial charge in [-0.05, 0) is 77.5 Å². The second-order valence-electron chi connectivity index (χ2n) is 9.65. The molecule has 2 aromatic rings. The molecule has 9 nitrogen and oxygen atoms in total. The Bertz CT molecular complexity index is 1350. The summed E-state index contributed by atoms with van der Waals surface area (Å²) in [6, 6.07) is 9.06. The third-order valence-corrected chi connectivity index (χ3v) is 7.89. The second kappa shape index (κ2) is 12.9. The number of fused-ring (bicyclic) bond motifs is 1. The molecule has 0 radical (unpaired) electrons. The van der Waals surface area contributed by atoms with Crippen LogP contribution in [0, 0.1) is 5.92 Å². The van der Waals surface area contributed by atoms with Gasteiger partial charge >= 0.3 is 5.97 Å². The van der Waals surface area contributed by atoms with Gasteiger partial charge in [0, 0.05) is 30.9 Å². The molecule has 1 unspecified atom stereocenters. The molecule has 0 bridgehead atoms. The molecule has 2 aromatic carbocycles. The number of ketones is 1. The molecule has 1 aliphatic carbocycles. The van der Waals surface area contributed by atoms with Crippen molar-refractivity contribution in [3.8, 4) is 23.0 Å². The number of hydrogen-bond acceptors (Lipinski definition) is 9. The molecule has 1 saturated carbocycles. The molecular weight excluding hydrogens is 582 g/mol. The van der Waals surface area contributed by atoms with Crippen molar-refractivity contribution in [2.75, 3.05) is 41.2 Å². The zero-order valence-corrected chi connectivity index (χ0v) is 24.9. The van der Waals surface area contributed by atoms with Crippen molar-refractivity contribution >= 4 is 33.4 Å².